The van der Waals surface area contributed by atoms with Gasteiger partial charge < -0.3 is 20.4 Å². The molecule has 0 saturated heterocycles. The third-order valence-electron chi connectivity index (χ3n) is 3.63. The molecule has 4 rings (SSSR count). The third kappa shape index (κ3) is 10.0. The summed E-state index contributed by atoms with van der Waals surface area (Å²) in [5, 5.41) is 19.9. The van der Waals surface area contributed by atoms with Crippen LogP contribution in [0.1, 0.15) is 38.8 Å². The molecule has 0 aliphatic carbocycles. The zero-order valence-corrected chi connectivity index (χ0v) is 20.2. The van der Waals surface area contributed by atoms with Crippen LogP contribution in [-0.4, -0.2) is 43.6 Å². The molecule has 0 bridgehead atoms. The minimum Gasteiger partial charge on any atom is -0.481 e. The number of pyridine rings is 2. The largest absolute Gasteiger partial charge is 0.481 e. The van der Waals surface area contributed by atoms with E-state index >= 15 is 0 Å². The van der Waals surface area contributed by atoms with Crippen molar-refractivity contribution >= 4 is 29.3 Å². The maximum absolute atomic E-state index is 9.00. The Hall–Kier alpha value is -3.44. The quantitative estimate of drug-likeness (QED) is 0.354. The van der Waals surface area contributed by atoms with Gasteiger partial charge in [0.2, 0.25) is 0 Å². The molecule has 0 atom stereocenters. The van der Waals surface area contributed by atoms with Crippen LogP contribution in [0, 0.1) is 0 Å². The van der Waals surface area contributed by atoms with Crippen LogP contribution in [0.2, 0.25) is 0 Å². The minimum absolute atomic E-state index is 0. The van der Waals surface area contributed by atoms with Crippen molar-refractivity contribution in [3.63, 3.8) is 0 Å². The topological polar surface area (TPSA) is 131 Å². The number of rotatable bonds is 2. The fraction of sp³-hybridized carbons (Fsp3) is 0.208. The van der Waals surface area contributed by atoms with E-state index in [1.54, 1.807) is 33.2 Å². The molecule has 34 heavy (non-hydrogen) atoms. The van der Waals surface area contributed by atoms with Crippen LogP contribution in [0.5, 0.6) is 0 Å². The molecule has 0 spiro atoms. The van der Waals surface area contributed by atoms with E-state index in [-0.39, 0.29) is 16.8 Å². The van der Waals surface area contributed by atoms with E-state index in [2.05, 4.69) is 30.2 Å². The SMILES string of the molecule is CC(=O)O.CC(C)(C)OO.[Co].c1ccc(/N=C2\[N-]/C(=N\c3ccccn3)c3ccccc32)nc1. The van der Waals surface area contributed by atoms with Gasteiger partial charge in [0.1, 0.15) is 0 Å². The van der Waals surface area contributed by atoms with Crippen molar-refractivity contribution in [1.29, 1.82) is 0 Å². The number of amidine groups is 2. The average Bonchev–Trinajstić information content (AvgIpc) is 3.12. The summed E-state index contributed by atoms with van der Waals surface area (Å²) < 4.78 is 0. The van der Waals surface area contributed by atoms with Crippen molar-refractivity contribution in [2.45, 2.75) is 33.3 Å². The van der Waals surface area contributed by atoms with Crippen LogP contribution in [-0.2, 0) is 26.5 Å². The average molecular weight is 507 g/mol. The number of aliphatic imine (C=N–C) groups is 2. The summed E-state index contributed by atoms with van der Waals surface area (Å²) >= 11 is 0. The molecular formula is C24H26CoN5O4-. The van der Waals surface area contributed by atoms with Gasteiger partial charge in [-0.3, -0.25) is 20.0 Å². The molecule has 1 aromatic carbocycles. The Kier molecular flexibility index (Phi) is 11.7. The molecular weight excluding hydrogens is 481 g/mol. The summed E-state index contributed by atoms with van der Waals surface area (Å²) in [6.45, 7) is 6.40. The van der Waals surface area contributed by atoms with Gasteiger partial charge in [-0.1, -0.05) is 36.4 Å². The van der Waals surface area contributed by atoms with Gasteiger partial charge in [0.05, 0.1) is 17.2 Å². The first kappa shape index (κ1) is 28.6. The van der Waals surface area contributed by atoms with E-state index in [1.807, 2.05) is 60.7 Å². The molecule has 1 aliphatic rings. The van der Waals surface area contributed by atoms with Gasteiger partial charge in [0.25, 0.3) is 5.97 Å². The van der Waals surface area contributed by atoms with Crippen LogP contribution in [0.15, 0.2) is 83.0 Å². The second kappa shape index (κ2) is 14.0. The van der Waals surface area contributed by atoms with Crippen molar-refractivity contribution in [3.05, 3.63) is 89.5 Å². The van der Waals surface area contributed by atoms with Crippen molar-refractivity contribution in [2.24, 2.45) is 9.98 Å². The summed E-state index contributed by atoms with van der Waals surface area (Å²) in [4.78, 5) is 30.4. The van der Waals surface area contributed by atoms with Crippen LogP contribution >= 0.6 is 0 Å². The normalized spacial score (nSPS) is 13.9. The number of aromatic nitrogens is 2. The third-order valence-corrected chi connectivity index (χ3v) is 3.63. The zero-order valence-electron chi connectivity index (χ0n) is 19.2. The van der Waals surface area contributed by atoms with Gasteiger partial charge >= 0.3 is 0 Å². The van der Waals surface area contributed by atoms with Gasteiger partial charge in [-0.2, -0.15) is 0 Å². The molecule has 181 valence electrons. The predicted molar refractivity (Wildman–Crippen MR) is 127 cm³/mol. The molecule has 10 heteroatoms. The summed E-state index contributed by atoms with van der Waals surface area (Å²) in [6.07, 6.45) is 3.42. The van der Waals surface area contributed by atoms with E-state index in [9.17, 15) is 0 Å². The standard InChI is InChI=1S/C18H12N5.C4H10O2.C2H4O2.Co/c1-2-8-14-13(7-1)17(21-15-9-3-5-11-19-15)23-18(14)22-16-10-4-6-12-20-16;1-4(2,3)6-5;1-2(3)4;/h1-12H;5H,1-3H3;1H3,(H,3,4);/q-1;;;. The van der Waals surface area contributed by atoms with E-state index in [0.29, 0.717) is 23.3 Å². The number of aliphatic carboxylic acids is 1. The van der Waals surface area contributed by atoms with Gasteiger partial charge in [-0.05, 0) is 56.2 Å². The zero-order chi connectivity index (χ0) is 24.3. The molecule has 0 fully saturated rings. The maximum atomic E-state index is 9.00. The molecule has 0 unspecified atom stereocenters. The van der Waals surface area contributed by atoms with E-state index in [0.717, 1.165) is 18.1 Å². The predicted octanol–water partition coefficient (Wildman–Crippen LogP) is 5.38. The Labute approximate surface area is 208 Å². The minimum atomic E-state index is -0.833. The van der Waals surface area contributed by atoms with Gasteiger partial charge in [-0.15, -0.1) is 0 Å². The molecule has 2 aromatic heterocycles. The van der Waals surface area contributed by atoms with Crippen molar-refractivity contribution in [3.8, 4) is 0 Å². The molecule has 1 radical (unpaired) electrons. The Morgan fingerprint density at radius 1 is 0.853 bits per heavy atom. The molecule has 3 heterocycles. The van der Waals surface area contributed by atoms with Gasteiger partial charge in [0, 0.05) is 47.8 Å². The first-order chi connectivity index (χ1) is 15.7. The first-order valence-electron chi connectivity index (χ1n) is 10.0. The molecule has 3 aromatic rings. The van der Waals surface area contributed by atoms with Crippen LogP contribution in [0.4, 0.5) is 11.6 Å². The monoisotopic (exact) mass is 507 g/mol. The van der Waals surface area contributed by atoms with Gasteiger partial charge in [0.15, 0.2) is 0 Å². The van der Waals surface area contributed by atoms with E-state index < -0.39 is 11.6 Å². The number of carboxylic acids is 1. The summed E-state index contributed by atoms with van der Waals surface area (Å²) in [5.74, 6) is 1.66. The molecule has 1 aliphatic heterocycles. The summed E-state index contributed by atoms with van der Waals surface area (Å²) in [5.41, 5.74) is 1.50. The molecule has 0 saturated carbocycles. The number of nitrogens with zero attached hydrogens (tertiary/aromatic N) is 5. The van der Waals surface area contributed by atoms with Crippen molar-refractivity contribution in [1.82, 2.24) is 9.97 Å². The van der Waals surface area contributed by atoms with Crippen LogP contribution < -0.4 is 0 Å². The number of hydrogen-bond acceptors (Lipinski definition) is 7. The fourth-order valence-electron chi connectivity index (χ4n) is 2.32. The smallest absolute Gasteiger partial charge is 0.300 e. The van der Waals surface area contributed by atoms with E-state index in [1.165, 1.54) is 0 Å². The molecule has 2 N–H and O–H groups in total. The second-order valence-corrected chi connectivity index (χ2v) is 7.63. The molecule has 0 amide bonds. The number of fused-ring (bicyclic) bond motifs is 1. The van der Waals surface area contributed by atoms with E-state index in [4.69, 9.17) is 15.2 Å². The Bertz CT molecular complexity index is 1020. The van der Waals surface area contributed by atoms with Crippen molar-refractivity contribution < 1.29 is 36.8 Å². The Balaban J connectivity index is 0.000000449. The number of carboxylic acid groups (broad SMARTS) is 1. The number of carbonyl (C=O) groups is 1. The number of hydrogen-bond donors (Lipinski definition) is 2. The summed E-state index contributed by atoms with van der Waals surface area (Å²) in [7, 11) is 0. The van der Waals surface area contributed by atoms with Crippen LogP contribution in [0.25, 0.3) is 5.32 Å². The van der Waals surface area contributed by atoms with Gasteiger partial charge in [-0.25, -0.2) is 4.89 Å². The maximum Gasteiger partial charge on any atom is 0.300 e. The number of benzene rings is 1. The van der Waals surface area contributed by atoms with Crippen LogP contribution in [0.3, 0.4) is 0 Å². The Morgan fingerprint density at radius 3 is 1.50 bits per heavy atom. The van der Waals surface area contributed by atoms with Crippen molar-refractivity contribution in [2.75, 3.05) is 0 Å². The first-order valence-corrected chi connectivity index (χ1v) is 10.0. The fourth-order valence-corrected chi connectivity index (χ4v) is 2.32. The Morgan fingerprint density at radius 2 is 1.21 bits per heavy atom. The second-order valence-electron chi connectivity index (χ2n) is 7.63. The summed E-state index contributed by atoms with van der Waals surface area (Å²) in [6, 6.07) is 19.1. The molecule has 9 nitrogen and oxygen atoms in total.